The summed E-state index contributed by atoms with van der Waals surface area (Å²) in [5, 5.41) is 0. The highest BCUT2D eigenvalue weighted by molar-refractivity contribution is 7.84. The smallest absolute Gasteiger partial charge is 0.151 e. The molecule has 0 saturated carbocycles. The van der Waals surface area contributed by atoms with Crippen LogP contribution < -0.4 is 0 Å². The number of aldehydes is 1. The molecular formula is C8H10OS. The van der Waals surface area contributed by atoms with Gasteiger partial charge in [0.05, 0.1) is 0 Å². The maximum Gasteiger partial charge on any atom is 0.151 e. The second-order valence-electron chi connectivity index (χ2n) is 1.66. The lowest BCUT2D eigenvalue weighted by Crippen LogP contribution is -1.80. The highest BCUT2D eigenvalue weighted by Crippen LogP contribution is 2.08. The number of rotatable bonds is 3. The molecule has 0 radical (unpaired) electrons. The number of hydrogen-bond donors (Lipinski definition) is 1. The molecule has 0 aliphatic heterocycles. The van der Waals surface area contributed by atoms with Crippen LogP contribution in [0.5, 0.6) is 0 Å². The van der Waals surface area contributed by atoms with E-state index in [1.165, 1.54) is 6.08 Å². The first-order valence-electron chi connectivity index (χ1n) is 2.89. The van der Waals surface area contributed by atoms with Gasteiger partial charge < -0.3 is 0 Å². The first-order chi connectivity index (χ1) is 4.76. The van der Waals surface area contributed by atoms with Crippen molar-refractivity contribution in [3.05, 3.63) is 35.3 Å². The molecule has 0 aromatic carbocycles. The van der Waals surface area contributed by atoms with Gasteiger partial charge in [-0.15, -0.1) is 12.6 Å². The van der Waals surface area contributed by atoms with Crippen LogP contribution in [0.1, 0.15) is 6.92 Å². The largest absolute Gasteiger partial charge is 0.298 e. The van der Waals surface area contributed by atoms with Gasteiger partial charge in [0.15, 0.2) is 6.29 Å². The Kier molecular flexibility index (Phi) is 4.67. The third-order valence-electron chi connectivity index (χ3n) is 0.962. The van der Waals surface area contributed by atoms with Crippen LogP contribution in [-0.2, 0) is 4.79 Å². The van der Waals surface area contributed by atoms with Crippen LogP contribution in [-0.4, -0.2) is 6.29 Å². The second kappa shape index (κ2) is 5.06. The maximum absolute atomic E-state index is 10.3. The molecule has 2 heteroatoms. The summed E-state index contributed by atoms with van der Waals surface area (Å²) in [7, 11) is 0. The molecule has 0 aliphatic rings. The Morgan fingerprint density at radius 3 is 2.50 bits per heavy atom. The standard InChI is InChI=1S/C8H10OS/c1-3-5-7(6-9)8(10)4-2/h3-6,10H,2H2,1H3/b5-3-,8-7-. The fourth-order valence-corrected chi connectivity index (χ4v) is 0.610. The topological polar surface area (TPSA) is 17.1 Å². The summed E-state index contributed by atoms with van der Waals surface area (Å²) < 4.78 is 0. The fraction of sp³-hybridized carbons (Fsp3) is 0.125. The van der Waals surface area contributed by atoms with Gasteiger partial charge in [-0.05, 0) is 6.92 Å². The zero-order valence-electron chi connectivity index (χ0n) is 5.87. The molecule has 0 rings (SSSR count). The van der Waals surface area contributed by atoms with Gasteiger partial charge in [0, 0.05) is 10.5 Å². The molecule has 54 valence electrons. The minimum absolute atomic E-state index is 0.556. The summed E-state index contributed by atoms with van der Waals surface area (Å²) in [4.78, 5) is 10.9. The lowest BCUT2D eigenvalue weighted by molar-refractivity contribution is -0.104. The molecule has 0 aromatic rings. The minimum atomic E-state index is 0.556. The zero-order chi connectivity index (χ0) is 7.98. The Morgan fingerprint density at radius 2 is 2.20 bits per heavy atom. The van der Waals surface area contributed by atoms with E-state index in [4.69, 9.17) is 0 Å². The Labute approximate surface area is 66.5 Å². The molecule has 0 bridgehead atoms. The summed E-state index contributed by atoms with van der Waals surface area (Å²) >= 11 is 4.02. The Morgan fingerprint density at radius 1 is 1.60 bits per heavy atom. The first-order valence-corrected chi connectivity index (χ1v) is 3.34. The van der Waals surface area contributed by atoms with Crippen LogP contribution in [0.4, 0.5) is 0 Å². The molecule has 0 aliphatic carbocycles. The number of carbonyl (C=O) groups is 1. The van der Waals surface area contributed by atoms with E-state index in [-0.39, 0.29) is 0 Å². The molecule has 10 heavy (non-hydrogen) atoms. The van der Waals surface area contributed by atoms with Crippen LogP contribution in [0, 0.1) is 0 Å². The van der Waals surface area contributed by atoms with E-state index in [1.807, 2.05) is 6.92 Å². The van der Waals surface area contributed by atoms with E-state index in [9.17, 15) is 4.79 Å². The monoisotopic (exact) mass is 154 g/mol. The Balaban J connectivity index is 4.61. The van der Waals surface area contributed by atoms with E-state index >= 15 is 0 Å². The molecule has 0 aromatic heterocycles. The average molecular weight is 154 g/mol. The Hall–Kier alpha value is -0.760. The summed E-state index contributed by atoms with van der Waals surface area (Å²) in [5.41, 5.74) is 0.556. The lowest BCUT2D eigenvalue weighted by Gasteiger charge is -1.91. The molecule has 1 nitrogen and oxygen atoms in total. The highest BCUT2D eigenvalue weighted by Gasteiger charge is 1.91. The van der Waals surface area contributed by atoms with Crippen LogP contribution in [0.15, 0.2) is 35.3 Å². The number of hydrogen-bond acceptors (Lipinski definition) is 2. The van der Waals surface area contributed by atoms with Crippen molar-refractivity contribution in [3.63, 3.8) is 0 Å². The molecule has 0 heterocycles. The highest BCUT2D eigenvalue weighted by atomic mass is 32.1. The summed E-state index contributed by atoms with van der Waals surface area (Å²) in [6.45, 7) is 5.33. The van der Waals surface area contributed by atoms with E-state index < -0.39 is 0 Å². The lowest BCUT2D eigenvalue weighted by atomic mass is 10.2. The van der Waals surface area contributed by atoms with Crippen LogP contribution >= 0.6 is 12.6 Å². The SMILES string of the molecule is C=C/C(S)=C(C=O)\C=C/C. The number of allylic oxidation sites excluding steroid dienone is 4. The van der Waals surface area contributed by atoms with E-state index in [2.05, 4.69) is 19.2 Å². The quantitative estimate of drug-likeness (QED) is 0.285. The van der Waals surface area contributed by atoms with Gasteiger partial charge in [0.25, 0.3) is 0 Å². The summed E-state index contributed by atoms with van der Waals surface area (Å²) in [6.07, 6.45) is 5.76. The molecule has 0 amide bonds. The van der Waals surface area contributed by atoms with Gasteiger partial charge in [-0.25, -0.2) is 0 Å². The molecule has 0 saturated heterocycles. The predicted molar refractivity (Wildman–Crippen MR) is 47.1 cm³/mol. The van der Waals surface area contributed by atoms with Crippen molar-refractivity contribution >= 4 is 18.9 Å². The molecular weight excluding hydrogens is 144 g/mol. The molecule has 0 fully saturated rings. The van der Waals surface area contributed by atoms with Crippen molar-refractivity contribution < 1.29 is 4.79 Å². The van der Waals surface area contributed by atoms with Gasteiger partial charge in [0.1, 0.15) is 0 Å². The van der Waals surface area contributed by atoms with Crippen molar-refractivity contribution in [1.82, 2.24) is 0 Å². The molecule has 0 N–H and O–H groups in total. The van der Waals surface area contributed by atoms with Crippen molar-refractivity contribution in [2.24, 2.45) is 0 Å². The number of thiol groups is 1. The summed E-state index contributed by atoms with van der Waals surface area (Å²) in [5.74, 6) is 0. The van der Waals surface area contributed by atoms with Crippen LogP contribution in [0.25, 0.3) is 0 Å². The second-order valence-corrected chi connectivity index (χ2v) is 2.14. The molecule has 0 spiro atoms. The van der Waals surface area contributed by atoms with Crippen molar-refractivity contribution in [1.29, 1.82) is 0 Å². The van der Waals surface area contributed by atoms with Crippen molar-refractivity contribution in [3.8, 4) is 0 Å². The van der Waals surface area contributed by atoms with Crippen LogP contribution in [0.3, 0.4) is 0 Å². The predicted octanol–water partition coefficient (Wildman–Crippen LogP) is 2.13. The fourth-order valence-electron chi connectivity index (χ4n) is 0.482. The van der Waals surface area contributed by atoms with Gasteiger partial charge in [-0.3, -0.25) is 4.79 Å². The van der Waals surface area contributed by atoms with E-state index in [1.54, 1.807) is 12.2 Å². The Bertz CT molecular complexity index is 189. The zero-order valence-corrected chi connectivity index (χ0v) is 6.77. The van der Waals surface area contributed by atoms with Gasteiger partial charge in [-0.2, -0.15) is 0 Å². The summed E-state index contributed by atoms with van der Waals surface area (Å²) in [6, 6.07) is 0. The maximum atomic E-state index is 10.3. The van der Waals surface area contributed by atoms with Gasteiger partial charge in [-0.1, -0.05) is 24.8 Å². The normalized spacial score (nSPS) is 13.0. The first kappa shape index (κ1) is 9.24. The van der Waals surface area contributed by atoms with Crippen molar-refractivity contribution in [2.75, 3.05) is 0 Å². The number of carbonyl (C=O) groups excluding carboxylic acids is 1. The van der Waals surface area contributed by atoms with Crippen molar-refractivity contribution in [2.45, 2.75) is 6.92 Å². The van der Waals surface area contributed by atoms with Gasteiger partial charge >= 0.3 is 0 Å². The van der Waals surface area contributed by atoms with E-state index in [0.717, 1.165) is 6.29 Å². The minimum Gasteiger partial charge on any atom is -0.298 e. The third kappa shape index (κ3) is 2.69. The molecule has 0 unspecified atom stereocenters. The third-order valence-corrected chi connectivity index (χ3v) is 1.40. The average Bonchev–Trinajstić information content (AvgIpc) is 1.99. The van der Waals surface area contributed by atoms with E-state index in [0.29, 0.717) is 10.5 Å². The van der Waals surface area contributed by atoms with Crippen LogP contribution in [0.2, 0.25) is 0 Å². The van der Waals surface area contributed by atoms with Gasteiger partial charge in [0.2, 0.25) is 0 Å². The molecule has 0 atom stereocenters.